The molecule has 0 bridgehead atoms. The Morgan fingerprint density at radius 1 is 1.17 bits per heavy atom. The maximum atomic E-state index is 13.6. The van der Waals surface area contributed by atoms with Gasteiger partial charge in [0.05, 0.1) is 27.3 Å². The molecule has 1 aromatic heterocycles. The molecular formula is C24H27ClF2N4O5. The van der Waals surface area contributed by atoms with E-state index >= 15 is 0 Å². The summed E-state index contributed by atoms with van der Waals surface area (Å²) in [6.07, 6.45) is 0.304. The molecule has 0 spiro atoms. The summed E-state index contributed by atoms with van der Waals surface area (Å²) in [5, 5.41) is 3.39. The number of likely N-dealkylation sites (tertiary alicyclic amines) is 1. The number of halogens is 3. The number of carbonyl (C=O) groups is 2. The number of aromatic nitrogens is 1. The van der Waals surface area contributed by atoms with Gasteiger partial charge in [-0.2, -0.15) is 4.98 Å². The van der Waals surface area contributed by atoms with Crippen LogP contribution in [0, 0.1) is 0 Å². The molecule has 9 nitrogen and oxygen atoms in total. The lowest BCUT2D eigenvalue weighted by atomic mass is 10.1. The second-order valence-electron chi connectivity index (χ2n) is 8.66. The second-order valence-corrected chi connectivity index (χ2v) is 9.10. The lowest BCUT2D eigenvalue weighted by Crippen LogP contribution is -2.56. The Morgan fingerprint density at radius 3 is 2.42 bits per heavy atom. The molecule has 3 heterocycles. The van der Waals surface area contributed by atoms with E-state index in [1.165, 1.54) is 25.2 Å². The molecule has 2 saturated heterocycles. The summed E-state index contributed by atoms with van der Waals surface area (Å²) in [7, 11) is 2.68. The topological polar surface area (TPSA) is 93.2 Å². The summed E-state index contributed by atoms with van der Waals surface area (Å²) in [5.74, 6) is -2.89. The zero-order valence-corrected chi connectivity index (χ0v) is 20.7. The van der Waals surface area contributed by atoms with Crippen LogP contribution in [0.4, 0.5) is 19.4 Å². The fraction of sp³-hybridized carbons (Fsp3) is 0.458. The van der Waals surface area contributed by atoms with Gasteiger partial charge in [-0.05, 0) is 17.7 Å². The van der Waals surface area contributed by atoms with E-state index < -0.39 is 31.0 Å². The first-order valence-corrected chi connectivity index (χ1v) is 11.8. The van der Waals surface area contributed by atoms with Crippen molar-refractivity contribution in [2.24, 2.45) is 0 Å². The van der Waals surface area contributed by atoms with Crippen molar-refractivity contribution in [2.45, 2.75) is 31.4 Å². The summed E-state index contributed by atoms with van der Waals surface area (Å²) in [4.78, 5) is 32.1. The van der Waals surface area contributed by atoms with E-state index in [2.05, 4.69) is 10.3 Å². The minimum absolute atomic E-state index is 0.00156. The van der Waals surface area contributed by atoms with E-state index in [4.69, 9.17) is 25.8 Å². The van der Waals surface area contributed by atoms with Gasteiger partial charge >= 0.3 is 6.09 Å². The van der Waals surface area contributed by atoms with Gasteiger partial charge in [0.15, 0.2) is 11.6 Å². The molecular weight excluding hydrogens is 498 g/mol. The molecule has 36 heavy (non-hydrogen) atoms. The van der Waals surface area contributed by atoms with Crippen molar-refractivity contribution in [1.82, 2.24) is 15.2 Å². The zero-order valence-electron chi connectivity index (χ0n) is 19.9. The van der Waals surface area contributed by atoms with Crippen molar-refractivity contribution in [3.05, 3.63) is 46.5 Å². The number of pyridine rings is 1. The molecule has 2 fully saturated rings. The smallest absolute Gasteiger partial charge is 0.409 e. The molecule has 1 aromatic carbocycles. The van der Waals surface area contributed by atoms with Gasteiger partial charge in [-0.3, -0.25) is 4.79 Å². The Morgan fingerprint density at radius 2 is 1.83 bits per heavy atom. The van der Waals surface area contributed by atoms with Crippen LogP contribution < -0.4 is 19.7 Å². The number of nitrogens with one attached hydrogen (secondary N) is 1. The minimum atomic E-state index is -2.83. The fourth-order valence-corrected chi connectivity index (χ4v) is 4.23. The Labute approximate surface area is 212 Å². The lowest BCUT2D eigenvalue weighted by molar-refractivity contribution is -0.0271. The van der Waals surface area contributed by atoms with Crippen LogP contribution in [0.15, 0.2) is 30.3 Å². The first kappa shape index (κ1) is 25.7. The average Bonchev–Trinajstić information content (AvgIpc) is 2.86. The molecule has 1 N–H and O–H groups in total. The minimum Gasteiger partial charge on any atom is -0.486 e. The van der Waals surface area contributed by atoms with Crippen LogP contribution in [0.2, 0.25) is 5.02 Å². The maximum absolute atomic E-state index is 13.6. The third-order valence-electron chi connectivity index (χ3n) is 6.05. The Balaban J connectivity index is 1.54. The first-order chi connectivity index (χ1) is 17.2. The van der Waals surface area contributed by atoms with Crippen LogP contribution in [-0.4, -0.2) is 74.3 Å². The van der Waals surface area contributed by atoms with E-state index in [1.54, 1.807) is 29.2 Å². The number of carbonyl (C=O) groups excluding carboxylic acids is 2. The first-order valence-electron chi connectivity index (χ1n) is 11.4. The molecule has 0 saturated carbocycles. The summed E-state index contributed by atoms with van der Waals surface area (Å²) in [6, 6.07) is 8.50. The van der Waals surface area contributed by atoms with Crippen molar-refractivity contribution in [3.63, 3.8) is 0 Å². The van der Waals surface area contributed by atoms with Crippen molar-refractivity contribution >= 4 is 29.4 Å². The predicted molar refractivity (Wildman–Crippen MR) is 128 cm³/mol. The molecule has 2 amide bonds. The number of hydrogen-bond acceptors (Lipinski definition) is 7. The molecule has 0 aliphatic carbocycles. The largest absolute Gasteiger partial charge is 0.486 e. The molecule has 194 valence electrons. The Hall–Kier alpha value is -3.34. The quantitative estimate of drug-likeness (QED) is 0.590. The van der Waals surface area contributed by atoms with Crippen molar-refractivity contribution < 1.29 is 32.6 Å². The molecule has 12 heteroatoms. The molecule has 0 unspecified atom stereocenters. The third-order valence-corrected chi connectivity index (χ3v) is 6.30. The monoisotopic (exact) mass is 524 g/mol. The predicted octanol–water partition coefficient (Wildman–Crippen LogP) is 3.74. The van der Waals surface area contributed by atoms with Crippen LogP contribution in [0.1, 0.15) is 28.8 Å². The SMILES string of the molecule is COC(=O)N1CCC(Oc2cc(C(=O)NCc3ccc(Cl)cc3)c(OC)nc2N2CC(F)(F)C2)CC1. The van der Waals surface area contributed by atoms with Gasteiger partial charge in [0, 0.05) is 43.6 Å². The Kier molecular flexibility index (Phi) is 7.67. The molecule has 2 aliphatic heterocycles. The number of ether oxygens (including phenoxy) is 3. The zero-order chi connectivity index (χ0) is 25.9. The number of nitrogens with zero attached hydrogens (tertiary/aromatic N) is 3. The summed E-state index contributed by atoms with van der Waals surface area (Å²) < 4.78 is 43.5. The van der Waals surface area contributed by atoms with E-state index in [1.807, 2.05) is 0 Å². The van der Waals surface area contributed by atoms with Crippen molar-refractivity contribution in [1.29, 1.82) is 0 Å². The van der Waals surface area contributed by atoms with Gasteiger partial charge in [-0.15, -0.1) is 0 Å². The average molecular weight is 525 g/mol. The van der Waals surface area contributed by atoms with Crippen LogP contribution in [0.5, 0.6) is 11.6 Å². The number of benzene rings is 1. The van der Waals surface area contributed by atoms with Crippen molar-refractivity contribution in [3.8, 4) is 11.6 Å². The fourth-order valence-electron chi connectivity index (χ4n) is 4.11. The lowest BCUT2D eigenvalue weighted by Gasteiger charge is -2.40. The summed E-state index contributed by atoms with van der Waals surface area (Å²) in [6.45, 7) is 0.0607. The number of piperidine rings is 1. The van der Waals surface area contributed by atoms with Gasteiger partial charge in [0.25, 0.3) is 11.8 Å². The van der Waals surface area contributed by atoms with Gasteiger partial charge in [0.2, 0.25) is 5.88 Å². The van der Waals surface area contributed by atoms with E-state index in [-0.39, 0.29) is 35.7 Å². The summed E-state index contributed by atoms with van der Waals surface area (Å²) in [5.41, 5.74) is 0.956. The highest BCUT2D eigenvalue weighted by Gasteiger charge is 2.46. The van der Waals surface area contributed by atoms with Crippen LogP contribution in [0.25, 0.3) is 0 Å². The van der Waals surface area contributed by atoms with Crippen LogP contribution in [0.3, 0.4) is 0 Å². The van der Waals surface area contributed by atoms with E-state index in [9.17, 15) is 18.4 Å². The third kappa shape index (κ3) is 5.89. The number of hydrogen-bond donors (Lipinski definition) is 1. The van der Waals surface area contributed by atoms with E-state index in [0.717, 1.165) is 5.56 Å². The van der Waals surface area contributed by atoms with Gasteiger partial charge in [0.1, 0.15) is 11.7 Å². The molecule has 2 aliphatic rings. The number of amides is 2. The van der Waals surface area contributed by atoms with Crippen LogP contribution in [-0.2, 0) is 11.3 Å². The van der Waals surface area contributed by atoms with Gasteiger partial charge < -0.3 is 29.3 Å². The number of alkyl halides is 2. The van der Waals surface area contributed by atoms with Crippen LogP contribution >= 0.6 is 11.6 Å². The highest BCUT2D eigenvalue weighted by atomic mass is 35.5. The maximum Gasteiger partial charge on any atom is 0.409 e. The number of anilines is 1. The Bertz CT molecular complexity index is 1100. The second kappa shape index (κ2) is 10.7. The number of methoxy groups -OCH3 is 2. The molecule has 0 radical (unpaired) electrons. The van der Waals surface area contributed by atoms with Gasteiger partial charge in [-0.25, -0.2) is 13.6 Å². The van der Waals surface area contributed by atoms with Crippen molar-refractivity contribution in [2.75, 3.05) is 45.3 Å². The van der Waals surface area contributed by atoms with E-state index in [0.29, 0.717) is 31.0 Å². The summed E-state index contributed by atoms with van der Waals surface area (Å²) >= 11 is 5.91. The molecule has 2 aromatic rings. The standard InChI is InChI=1S/C24H27ClF2N4O5/c1-34-22-18(21(32)28-12-15-3-5-16(25)6-4-15)11-19(20(29-22)31-13-24(26,27)14-31)36-17-7-9-30(10-8-17)23(33)35-2/h3-6,11,17H,7-10,12-14H2,1-2H3,(H,28,32). The highest BCUT2D eigenvalue weighted by Crippen LogP contribution is 2.39. The normalized spacial score (nSPS) is 17.2. The molecule has 4 rings (SSSR count). The van der Waals surface area contributed by atoms with Gasteiger partial charge in [-0.1, -0.05) is 23.7 Å². The highest BCUT2D eigenvalue weighted by molar-refractivity contribution is 6.30. The number of rotatable bonds is 7. The molecule has 0 atom stereocenters.